The Morgan fingerprint density at radius 1 is 1.41 bits per heavy atom. The number of nitrogens with one attached hydrogen (secondary N) is 2. The van der Waals surface area contributed by atoms with Gasteiger partial charge < -0.3 is 15.6 Å². The van der Waals surface area contributed by atoms with Crippen molar-refractivity contribution in [1.82, 2.24) is 14.9 Å². The van der Waals surface area contributed by atoms with E-state index in [2.05, 4.69) is 62.6 Å². The van der Waals surface area contributed by atoms with Gasteiger partial charge in [0.25, 0.3) is 0 Å². The Labute approximate surface area is 110 Å². The molecule has 0 aliphatic heterocycles. The molecule has 0 aliphatic rings. The summed E-state index contributed by atoms with van der Waals surface area (Å²) in [6.07, 6.45) is 2.51. The number of nitrogen functional groups attached to an aromatic ring is 1. The zero-order chi connectivity index (χ0) is 12.8. The fourth-order valence-electron chi connectivity index (χ4n) is 1.33. The van der Waals surface area contributed by atoms with E-state index < -0.39 is 0 Å². The van der Waals surface area contributed by atoms with Gasteiger partial charge >= 0.3 is 0 Å². The summed E-state index contributed by atoms with van der Waals surface area (Å²) in [5.41, 5.74) is 2.51. The third kappa shape index (κ3) is 4.45. The van der Waals surface area contributed by atoms with Crippen molar-refractivity contribution in [3.8, 4) is 0 Å². The molecule has 1 unspecified atom stereocenters. The molecular formula is C10H19BrN6. The third-order valence-corrected chi connectivity index (χ3v) is 3.07. The molecule has 0 saturated heterocycles. The lowest BCUT2D eigenvalue weighted by atomic mass is 10.2. The predicted octanol–water partition coefficient (Wildman–Crippen LogP) is 1.28. The van der Waals surface area contributed by atoms with Crippen LogP contribution in [-0.2, 0) is 0 Å². The molecule has 0 spiro atoms. The lowest BCUT2D eigenvalue weighted by Crippen LogP contribution is -2.23. The predicted molar refractivity (Wildman–Crippen MR) is 73.8 cm³/mol. The maximum absolute atomic E-state index is 5.34. The summed E-state index contributed by atoms with van der Waals surface area (Å²) in [7, 11) is 4.12. The van der Waals surface area contributed by atoms with Crippen molar-refractivity contribution in [1.29, 1.82) is 0 Å². The fourth-order valence-corrected chi connectivity index (χ4v) is 1.76. The zero-order valence-electron chi connectivity index (χ0n) is 10.4. The van der Waals surface area contributed by atoms with Gasteiger partial charge in [-0.1, -0.05) is 0 Å². The molecule has 0 amide bonds. The first-order chi connectivity index (χ1) is 8.04. The second kappa shape index (κ2) is 6.73. The van der Waals surface area contributed by atoms with Crippen molar-refractivity contribution in [3.63, 3.8) is 0 Å². The molecule has 1 aromatic heterocycles. The molecular weight excluding hydrogens is 284 g/mol. The Kier molecular flexibility index (Phi) is 5.60. The van der Waals surface area contributed by atoms with Crippen molar-refractivity contribution in [2.24, 2.45) is 5.84 Å². The van der Waals surface area contributed by atoms with E-state index >= 15 is 0 Å². The van der Waals surface area contributed by atoms with Gasteiger partial charge in [-0.05, 0) is 49.9 Å². The van der Waals surface area contributed by atoms with Gasteiger partial charge in [0, 0.05) is 6.04 Å². The molecule has 17 heavy (non-hydrogen) atoms. The number of nitrogens with zero attached hydrogens (tertiary/aromatic N) is 3. The van der Waals surface area contributed by atoms with Gasteiger partial charge in [-0.25, -0.2) is 15.8 Å². The topological polar surface area (TPSA) is 79.1 Å². The molecule has 0 aromatic carbocycles. The number of halogens is 1. The van der Waals surface area contributed by atoms with Crippen LogP contribution in [0.15, 0.2) is 10.8 Å². The summed E-state index contributed by atoms with van der Waals surface area (Å²) in [5.74, 6) is 6.66. The van der Waals surface area contributed by atoms with E-state index in [0.717, 1.165) is 23.3 Å². The average Bonchev–Trinajstić information content (AvgIpc) is 2.29. The van der Waals surface area contributed by atoms with E-state index in [1.165, 1.54) is 6.33 Å². The maximum Gasteiger partial charge on any atom is 0.159 e. The van der Waals surface area contributed by atoms with Crippen molar-refractivity contribution in [2.75, 3.05) is 31.4 Å². The Morgan fingerprint density at radius 3 is 2.65 bits per heavy atom. The molecule has 0 aliphatic carbocycles. The van der Waals surface area contributed by atoms with Crippen LogP contribution in [0.2, 0.25) is 0 Å². The van der Waals surface area contributed by atoms with E-state index in [-0.39, 0.29) is 0 Å². The minimum atomic E-state index is 0.328. The minimum Gasteiger partial charge on any atom is -0.366 e. The highest BCUT2D eigenvalue weighted by Crippen LogP contribution is 2.26. The summed E-state index contributed by atoms with van der Waals surface area (Å²) < 4.78 is 0.749. The van der Waals surface area contributed by atoms with Gasteiger partial charge in [-0.3, -0.25) is 0 Å². The quantitative estimate of drug-likeness (QED) is 0.543. The number of hydrogen-bond acceptors (Lipinski definition) is 6. The largest absolute Gasteiger partial charge is 0.366 e. The lowest BCUT2D eigenvalue weighted by molar-refractivity contribution is 0.390. The smallest absolute Gasteiger partial charge is 0.159 e. The standard InChI is InChI=1S/C10H19BrN6/c1-7(4-5-17(2)3)15-9-8(11)10(16-12)14-6-13-9/h6-7H,4-5,12H2,1-3H3,(H2,13,14,15,16). The van der Waals surface area contributed by atoms with Gasteiger partial charge in [0.15, 0.2) is 5.82 Å². The SMILES string of the molecule is CC(CCN(C)C)Nc1ncnc(NN)c1Br. The van der Waals surface area contributed by atoms with Crippen LogP contribution >= 0.6 is 15.9 Å². The fraction of sp³-hybridized carbons (Fsp3) is 0.600. The normalized spacial score (nSPS) is 12.6. The highest BCUT2D eigenvalue weighted by atomic mass is 79.9. The Morgan fingerprint density at radius 2 is 2.06 bits per heavy atom. The van der Waals surface area contributed by atoms with Gasteiger partial charge in [-0.15, -0.1) is 0 Å². The van der Waals surface area contributed by atoms with Crippen molar-refractivity contribution < 1.29 is 0 Å². The number of aromatic nitrogens is 2. The lowest BCUT2D eigenvalue weighted by Gasteiger charge is -2.18. The maximum atomic E-state index is 5.34. The van der Waals surface area contributed by atoms with Crippen LogP contribution in [0.1, 0.15) is 13.3 Å². The summed E-state index contributed by atoms with van der Waals surface area (Å²) in [6.45, 7) is 3.15. The van der Waals surface area contributed by atoms with Crippen LogP contribution < -0.4 is 16.6 Å². The van der Waals surface area contributed by atoms with Crippen LogP contribution in [0.3, 0.4) is 0 Å². The number of hydrogen-bond donors (Lipinski definition) is 3. The molecule has 1 rings (SSSR count). The number of nitrogens with two attached hydrogens (primary N) is 1. The van der Waals surface area contributed by atoms with Crippen molar-refractivity contribution in [3.05, 3.63) is 10.8 Å². The molecule has 0 fully saturated rings. The summed E-state index contributed by atoms with van der Waals surface area (Å²) in [5, 5.41) is 3.32. The minimum absolute atomic E-state index is 0.328. The monoisotopic (exact) mass is 302 g/mol. The van der Waals surface area contributed by atoms with Crippen molar-refractivity contribution >= 4 is 27.6 Å². The van der Waals surface area contributed by atoms with Gasteiger partial charge in [0.1, 0.15) is 16.6 Å². The van der Waals surface area contributed by atoms with Crippen LogP contribution in [0.25, 0.3) is 0 Å². The first kappa shape index (κ1) is 14.1. The summed E-state index contributed by atoms with van der Waals surface area (Å²) in [4.78, 5) is 10.3. The van der Waals surface area contributed by atoms with E-state index in [1.54, 1.807) is 0 Å². The third-order valence-electron chi connectivity index (χ3n) is 2.32. The molecule has 0 bridgehead atoms. The Balaban J connectivity index is 2.62. The molecule has 4 N–H and O–H groups in total. The van der Waals surface area contributed by atoms with Crippen molar-refractivity contribution in [2.45, 2.75) is 19.4 Å². The molecule has 0 radical (unpaired) electrons. The molecule has 1 aromatic rings. The second-order valence-electron chi connectivity index (χ2n) is 4.17. The first-order valence-electron chi connectivity index (χ1n) is 5.43. The van der Waals surface area contributed by atoms with Crippen LogP contribution in [0.5, 0.6) is 0 Å². The van der Waals surface area contributed by atoms with Gasteiger partial charge in [-0.2, -0.15) is 0 Å². The molecule has 0 saturated carbocycles. The summed E-state index contributed by atoms with van der Waals surface area (Å²) >= 11 is 3.41. The van der Waals surface area contributed by atoms with E-state index in [4.69, 9.17) is 5.84 Å². The highest BCUT2D eigenvalue weighted by molar-refractivity contribution is 9.10. The van der Waals surface area contributed by atoms with Gasteiger partial charge in [0.2, 0.25) is 0 Å². The molecule has 6 nitrogen and oxygen atoms in total. The Bertz CT molecular complexity index is 357. The molecule has 1 heterocycles. The number of rotatable bonds is 6. The van der Waals surface area contributed by atoms with E-state index in [0.29, 0.717) is 11.9 Å². The first-order valence-corrected chi connectivity index (χ1v) is 6.22. The summed E-state index contributed by atoms with van der Waals surface area (Å²) in [6, 6.07) is 0.328. The van der Waals surface area contributed by atoms with E-state index in [9.17, 15) is 0 Å². The Hall–Kier alpha value is -0.920. The van der Waals surface area contributed by atoms with Crippen LogP contribution in [0.4, 0.5) is 11.6 Å². The van der Waals surface area contributed by atoms with Crippen LogP contribution in [0, 0.1) is 0 Å². The van der Waals surface area contributed by atoms with Gasteiger partial charge in [0.05, 0.1) is 0 Å². The molecule has 96 valence electrons. The van der Waals surface area contributed by atoms with E-state index in [1.807, 2.05) is 0 Å². The average molecular weight is 303 g/mol. The highest BCUT2D eigenvalue weighted by Gasteiger charge is 2.10. The molecule has 1 atom stereocenters. The zero-order valence-corrected chi connectivity index (χ0v) is 12.0. The second-order valence-corrected chi connectivity index (χ2v) is 4.96. The van der Waals surface area contributed by atoms with Crippen LogP contribution in [-0.4, -0.2) is 41.5 Å². The number of anilines is 2. The molecule has 7 heteroatoms. The number of hydrazine groups is 1.